The van der Waals surface area contributed by atoms with Gasteiger partial charge in [-0.2, -0.15) is 5.26 Å². The van der Waals surface area contributed by atoms with Crippen molar-refractivity contribution >= 4 is 29.3 Å². The lowest BCUT2D eigenvalue weighted by Gasteiger charge is -2.21. The number of thioether (sulfide) groups is 1. The molecule has 0 spiro atoms. The van der Waals surface area contributed by atoms with E-state index in [0.717, 1.165) is 23.4 Å². The minimum atomic E-state index is -0.400. The zero-order valence-corrected chi connectivity index (χ0v) is 16.7. The number of nitrogens with one attached hydrogen (secondary N) is 1. The van der Waals surface area contributed by atoms with Gasteiger partial charge in [-0.05, 0) is 42.8 Å². The van der Waals surface area contributed by atoms with E-state index < -0.39 is 5.91 Å². The molecule has 0 saturated heterocycles. The summed E-state index contributed by atoms with van der Waals surface area (Å²) in [6.45, 7) is 3.73. The van der Waals surface area contributed by atoms with E-state index in [2.05, 4.69) is 23.2 Å². The molecule has 3 N–H and O–H groups in total. The number of nitriles is 1. The van der Waals surface area contributed by atoms with Crippen LogP contribution in [0.25, 0.3) is 0 Å². The van der Waals surface area contributed by atoms with Gasteiger partial charge in [-0.25, -0.2) is 0 Å². The number of para-hydroxylation sites is 1. The first-order valence-corrected chi connectivity index (χ1v) is 10.0. The van der Waals surface area contributed by atoms with Crippen LogP contribution in [0, 0.1) is 11.3 Å². The summed E-state index contributed by atoms with van der Waals surface area (Å²) in [5.41, 5.74) is 7.56. The molecule has 2 aromatic carbocycles. The second kappa shape index (κ2) is 11.1. The van der Waals surface area contributed by atoms with Gasteiger partial charge in [0.2, 0.25) is 11.8 Å². The third-order valence-electron chi connectivity index (χ3n) is 3.93. The number of amides is 2. The van der Waals surface area contributed by atoms with Crippen LogP contribution < -0.4 is 11.1 Å². The molecule has 6 nitrogen and oxygen atoms in total. The Bertz CT molecular complexity index is 846. The van der Waals surface area contributed by atoms with E-state index in [1.807, 2.05) is 36.4 Å². The van der Waals surface area contributed by atoms with Gasteiger partial charge in [0.05, 0.1) is 29.6 Å². The van der Waals surface area contributed by atoms with Crippen molar-refractivity contribution in [1.82, 2.24) is 4.90 Å². The Morgan fingerprint density at radius 2 is 1.89 bits per heavy atom. The van der Waals surface area contributed by atoms with Crippen LogP contribution in [0.3, 0.4) is 0 Å². The van der Waals surface area contributed by atoms with E-state index in [4.69, 9.17) is 11.0 Å². The maximum atomic E-state index is 12.6. The van der Waals surface area contributed by atoms with Crippen LogP contribution in [0.15, 0.2) is 53.4 Å². The number of primary amides is 1. The predicted octanol–water partition coefficient (Wildman–Crippen LogP) is 2.99. The zero-order valence-electron chi connectivity index (χ0n) is 15.9. The Balaban J connectivity index is 2.00. The summed E-state index contributed by atoms with van der Waals surface area (Å²) in [5.74, 6) is -0.357. The molecule has 0 unspecified atom stereocenters. The number of carbonyl (C=O) groups excluding carboxylic acids is 2. The monoisotopic (exact) mass is 396 g/mol. The zero-order chi connectivity index (χ0) is 20.4. The summed E-state index contributed by atoms with van der Waals surface area (Å²) in [5, 5.41) is 11.8. The summed E-state index contributed by atoms with van der Waals surface area (Å²) in [6.07, 6.45) is 0.925. The highest BCUT2D eigenvalue weighted by molar-refractivity contribution is 8.00. The van der Waals surface area contributed by atoms with Crippen LogP contribution in [0.4, 0.5) is 5.69 Å². The molecule has 2 aromatic rings. The molecule has 0 fully saturated rings. The maximum Gasteiger partial charge on any atom is 0.238 e. The molecule has 28 heavy (non-hydrogen) atoms. The topological polar surface area (TPSA) is 99.2 Å². The smallest absolute Gasteiger partial charge is 0.238 e. The largest absolute Gasteiger partial charge is 0.369 e. The number of hydrogen-bond donors (Lipinski definition) is 2. The van der Waals surface area contributed by atoms with Crippen LogP contribution >= 0.6 is 11.8 Å². The lowest BCUT2D eigenvalue weighted by atomic mass is 10.1. The number of anilines is 1. The van der Waals surface area contributed by atoms with Crippen molar-refractivity contribution in [2.45, 2.75) is 24.8 Å². The van der Waals surface area contributed by atoms with Crippen molar-refractivity contribution in [3.05, 3.63) is 59.7 Å². The molecule has 0 aliphatic rings. The van der Waals surface area contributed by atoms with Crippen LogP contribution in [0.5, 0.6) is 0 Å². The van der Waals surface area contributed by atoms with Crippen molar-refractivity contribution in [1.29, 1.82) is 5.26 Å². The van der Waals surface area contributed by atoms with Gasteiger partial charge in [-0.1, -0.05) is 31.2 Å². The van der Waals surface area contributed by atoms with Crippen molar-refractivity contribution in [3.63, 3.8) is 0 Å². The van der Waals surface area contributed by atoms with E-state index in [-0.39, 0.29) is 18.2 Å². The SMILES string of the molecule is CCCN(CC(=O)Nc1ccccc1SCC(N)=O)Cc1ccc(C#N)cc1. The molecule has 0 aliphatic heterocycles. The second-order valence-electron chi connectivity index (χ2n) is 6.32. The summed E-state index contributed by atoms with van der Waals surface area (Å²) < 4.78 is 0. The van der Waals surface area contributed by atoms with Crippen LogP contribution in [0.2, 0.25) is 0 Å². The molecular weight excluding hydrogens is 372 g/mol. The van der Waals surface area contributed by atoms with Gasteiger partial charge in [0.1, 0.15) is 0 Å². The average Bonchev–Trinajstić information content (AvgIpc) is 2.68. The van der Waals surface area contributed by atoms with Gasteiger partial charge >= 0.3 is 0 Å². The van der Waals surface area contributed by atoms with Crippen LogP contribution in [0.1, 0.15) is 24.5 Å². The lowest BCUT2D eigenvalue weighted by molar-refractivity contribution is -0.117. The van der Waals surface area contributed by atoms with E-state index in [9.17, 15) is 9.59 Å². The van der Waals surface area contributed by atoms with Gasteiger partial charge in [-0.15, -0.1) is 11.8 Å². The number of hydrogen-bond acceptors (Lipinski definition) is 5. The van der Waals surface area contributed by atoms with E-state index in [1.165, 1.54) is 11.8 Å². The third kappa shape index (κ3) is 7.06. The highest BCUT2D eigenvalue weighted by Crippen LogP contribution is 2.26. The van der Waals surface area contributed by atoms with Crippen molar-refractivity contribution in [3.8, 4) is 6.07 Å². The molecule has 0 radical (unpaired) electrons. The first-order chi connectivity index (χ1) is 13.5. The van der Waals surface area contributed by atoms with Gasteiger partial charge < -0.3 is 11.1 Å². The summed E-state index contributed by atoms with van der Waals surface area (Å²) in [7, 11) is 0. The first kappa shape index (κ1) is 21.5. The maximum absolute atomic E-state index is 12.6. The number of rotatable bonds is 10. The Hall–Kier alpha value is -2.82. The van der Waals surface area contributed by atoms with Gasteiger partial charge in [0, 0.05) is 11.4 Å². The molecule has 0 aliphatic carbocycles. The Kier molecular flexibility index (Phi) is 8.53. The number of carbonyl (C=O) groups is 2. The standard InChI is InChI=1S/C21H24N4O2S/c1-2-11-25(13-17-9-7-16(12-22)8-10-17)14-21(27)24-18-5-3-4-6-19(18)28-15-20(23)26/h3-10H,2,11,13-15H2,1H3,(H2,23,26)(H,24,27). The van der Waals surface area contributed by atoms with E-state index in [1.54, 1.807) is 12.1 Å². The molecule has 2 amide bonds. The fourth-order valence-electron chi connectivity index (χ4n) is 2.71. The van der Waals surface area contributed by atoms with Gasteiger partial charge in [-0.3, -0.25) is 14.5 Å². The summed E-state index contributed by atoms with van der Waals surface area (Å²) in [4.78, 5) is 26.5. The quantitative estimate of drug-likeness (QED) is 0.602. The Morgan fingerprint density at radius 3 is 2.54 bits per heavy atom. The fourth-order valence-corrected chi connectivity index (χ4v) is 3.46. The molecule has 2 rings (SSSR count). The second-order valence-corrected chi connectivity index (χ2v) is 7.34. The van der Waals surface area contributed by atoms with Crippen LogP contribution in [-0.4, -0.2) is 35.6 Å². The van der Waals surface area contributed by atoms with Crippen molar-refractivity contribution < 1.29 is 9.59 Å². The molecule has 0 bridgehead atoms. The highest BCUT2D eigenvalue weighted by atomic mass is 32.2. The summed E-state index contributed by atoms with van der Waals surface area (Å²) >= 11 is 1.30. The lowest BCUT2D eigenvalue weighted by Crippen LogP contribution is -2.33. The predicted molar refractivity (Wildman–Crippen MR) is 112 cm³/mol. The van der Waals surface area contributed by atoms with Crippen molar-refractivity contribution in [2.24, 2.45) is 5.73 Å². The van der Waals surface area contributed by atoms with Crippen molar-refractivity contribution in [2.75, 3.05) is 24.2 Å². The van der Waals surface area contributed by atoms with Gasteiger partial charge in [0.25, 0.3) is 0 Å². The first-order valence-electron chi connectivity index (χ1n) is 9.03. The van der Waals surface area contributed by atoms with E-state index >= 15 is 0 Å². The highest BCUT2D eigenvalue weighted by Gasteiger charge is 2.13. The molecule has 0 aromatic heterocycles. The average molecular weight is 397 g/mol. The minimum absolute atomic E-state index is 0.116. The molecule has 146 valence electrons. The van der Waals surface area contributed by atoms with E-state index in [0.29, 0.717) is 17.8 Å². The Morgan fingerprint density at radius 1 is 1.18 bits per heavy atom. The Labute approximate surface area is 169 Å². The normalized spacial score (nSPS) is 10.5. The number of nitrogens with two attached hydrogens (primary N) is 1. The molecular formula is C21H24N4O2S. The number of benzene rings is 2. The number of nitrogens with zero attached hydrogens (tertiary/aromatic N) is 2. The molecule has 7 heteroatoms. The molecule has 0 saturated carbocycles. The molecule has 0 atom stereocenters. The summed E-state index contributed by atoms with van der Waals surface area (Å²) in [6, 6.07) is 16.9. The third-order valence-corrected chi connectivity index (χ3v) is 5.02. The van der Waals surface area contributed by atoms with Gasteiger partial charge in [0.15, 0.2) is 0 Å². The molecule has 0 heterocycles. The fraction of sp³-hybridized carbons (Fsp3) is 0.286. The minimum Gasteiger partial charge on any atom is -0.369 e. The van der Waals surface area contributed by atoms with Crippen LogP contribution in [-0.2, 0) is 16.1 Å².